The standard InChI is InChI=1S/C14H16INO2/c1-2-17-10-11-5-3-4-6-13(11)16-9-12-7-8-14(15)18-12/h3-8,16H,2,9-10H2,1H3. The molecule has 0 radical (unpaired) electrons. The van der Waals surface area contributed by atoms with Crippen LogP contribution in [0.2, 0.25) is 0 Å². The number of ether oxygens (including phenoxy) is 1. The molecule has 0 bridgehead atoms. The van der Waals surface area contributed by atoms with E-state index >= 15 is 0 Å². The van der Waals surface area contributed by atoms with Gasteiger partial charge in [-0.2, -0.15) is 0 Å². The zero-order chi connectivity index (χ0) is 12.8. The van der Waals surface area contributed by atoms with Crippen LogP contribution < -0.4 is 5.32 Å². The summed E-state index contributed by atoms with van der Waals surface area (Å²) in [6.45, 7) is 4.05. The van der Waals surface area contributed by atoms with Crippen LogP contribution in [-0.2, 0) is 17.9 Å². The average Bonchev–Trinajstić information content (AvgIpc) is 2.81. The number of anilines is 1. The molecule has 0 aliphatic rings. The zero-order valence-corrected chi connectivity index (χ0v) is 12.4. The molecule has 0 amide bonds. The molecule has 0 fully saturated rings. The first-order valence-corrected chi connectivity index (χ1v) is 7.01. The molecule has 0 saturated carbocycles. The lowest BCUT2D eigenvalue weighted by molar-refractivity contribution is 0.134. The van der Waals surface area contributed by atoms with Crippen LogP contribution in [0.5, 0.6) is 0 Å². The highest BCUT2D eigenvalue weighted by Gasteiger charge is 2.03. The Morgan fingerprint density at radius 1 is 1.22 bits per heavy atom. The van der Waals surface area contributed by atoms with Crippen LogP contribution in [0.15, 0.2) is 40.8 Å². The second-order valence-electron chi connectivity index (χ2n) is 3.85. The third-order valence-corrected chi connectivity index (χ3v) is 3.14. The van der Waals surface area contributed by atoms with Crippen LogP contribution in [0.3, 0.4) is 0 Å². The number of furan rings is 1. The lowest BCUT2D eigenvalue weighted by atomic mass is 10.2. The van der Waals surface area contributed by atoms with E-state index in [4.69, 9.17) is 9.15 Å². The monoisotopic (exact) mass is 357 g/mol. The molecule has 0 atom stereocenters. The zero-order valence-electron chi connectivity index (χ0n) is 10.3. The van der Waals surface area contributed by atoms with E-state index in [-0.39, 0.29) is 0 Å². The van der Waals surface area contributed by atoms with Crippen molar-refractivity contribution in [2.75, 3.05) is 11.9 Å². The fourth-order valence-electron chi connectivity index (χ4n) is 1.66. The quantitative estimate of drug-likeness (QED) is 0.793. The van der Waals surface area contributed by atoms with Gasteiger partial charge in [-0.25, -0.2) is 0 Å². The number of nitrogens with one attached hydrogen (secondary N) is 1. The number of hydrogen-bond donors (Lipinski definition) is 1. The van der Waals surface area contributed by atoms with E-state index < -0.39 is 0 Å². The number of para-hydroxylation sites is 1. The topological polar surface area (TPSA) is 34.4 Å². The Labute approximate surface area is 121 Å². The molecule has 1 N–H and O–H groups in total. The summed E-state index contributed by atoms with van der Waals surface area (Å²) >= 11 is 2.17. The van der Waals surface area contributed by atoms with Gasteiger partial charge in [0, 0.05) is 17.9 Å². The summed E-state index contributed by atoms with van der Waals surface area (Å²) in [6, 6.07) is 12.1. The van der Waals surface area contributed by atoms with Crippen LogP contribution in [0.25, 0.3) is 0 Å². The Balaban J connectivity index is 1.99. The summed E-state index contributed by atoms with van der Waals surface area (Å²) in [5, 5.41) is 3.37. The highest BCUT2D eigenvalue weighted by Crippen LogP contribution is 2.18. The minimum absolute atomic E-state index is 0.634. The van der Waals surface area contributed by atoms with Crippen LogP contribution in [-0.4, -0.2) is 6.61 Å². The fourth-order valence-corrected chi connectivity index (χ4v) is 2.12. The van der Waals surface area contributed by atoms with Crippen molar-refractivity contribution < 1.29 is 9.15 Å². The third kappa shape index (κ3) is 3.74. The second-order valence-corrected chi connectivity index (χ2v) is 4.92. The van der Waals surface area contributed by atoms with Gasteiger partial charge in [-0.15, -0.1) is 0 Å². The molecular formula is C14H16INO2. The van der Waals surface area contributed by atoms with Crippen molar-refractivity contribution in [2.24, 2.45) is 0 Å². The smallest absolute Gasteiger partial charge is 0.164 e. The number of halogens is 1. The van der Waals surface area contributed by atoms with Crippen molar-refractivity contribution in [1.29, 1.82) is 0 Å². The maximum atomic E-state index is 5.52. The molecule has 18 heavy (non-hydrogen) atoms. The minimum atomic E-state index is 0.634. The number of rotatable bonds is 6. The molecule has 2 aromatic rings. The van der Waals surface area contributed by atoms with E-state index in [1.165, 1.54) is 5.56 Å². The highest BCUT2D eigenvalue weighted by atomic mass is 127. The Morgan fingerprint density at radius 2 is 2.06 bits per heavy atom. The van der Waals surface area contributed by atoms with Gasteiger partial charge in [0.25, 0.3) is 0 Å². The van der Waals surface area contributed by atoms with Crippen molar-refractivity contribution >= 4 is 28.3 Å². The normalized spacial score (nSPS) is 10.6. The predicted octanol–water partition coefficient (Wildman–Crippen LogP) is 4.03. The molecule has 96 valence electrons. The number of hydrogen-bond acceptors (Lipinski definition) is 3. The molecule has 0 aliphatic carbocycles. The summed E-state index contributed by atoms with van der Waals surface area (Å²) in [4.78, 5) is 0. The predicted molar refractivity (Wildman–Crippen MR) is 80.5 cm³/mol. The summed E-state index contributed by atoms with van der Waals surface area (Å²) in [6.07, 6.45) is 0. The molecule has 2 rings (SSSR count). The average molecular weight is 357 g/mol. The maximum Gasteiger partial charge on any atom is 0.164 e. The van der Waals surface area contributed by atoms with Gasteiger partial charge in [0.2, 0.25) is 0 Å². The Hall–Kier alpha value is -1.01. The molecule has 1 aromatic carbocycles. The van der Waals surface area contributed by atoms with Gasteiger partial charge >= 0.3 is 0 Å². The van der Waals surface area contributed by atoms with Crippen molar-refractivity contribution in [1.82, 2.24) is 0 Å². The first-order valence-electron chi connectivity index (χ1n) is 5.93. The highest BCUT2D eigenvalue weighted by molar-refractivity contribution is 14.1. The lowest BCUT2D eigenvalue weighted by Crippen LogP contribution is -2.03. The van der Waals surface area contributed by atoms with Gasteiger partial charge in [0.15, 0.2) is 3.77 Å². The Morgan fingerprint density at radius 3 is 2.78 bits per heavy atom. The van der Waals surface area contributed by atoms with Crippen molar-refractivity contribution in [2.45, 2.75) is 20.1 Å². The molecule has 0 saturated heterocycles. The number of benzene rings is 1. The third-order valence-electron chi connectivity index (χ3n) is 2.56. The van der Waals surface area contributed by atoms with Crippen LogP contribution >= 0.6 is 22.6 Å². The van der Waals surface area contributed by atoms with E-state index in [9.17, 15) is 0 Å². The van der Waals surface area contributed by atoms with Crippen molar-refractivity contribution in [3.8, 4) is 0 Å². The van der Waals surface area contributed by atoms with E-state index in [0.29, 0.717) is 13.2 Å². The van der Waals surface area contributed by atoms with E-state index in [1.807, 2.05) is 31.2 Å². The fraction of sp³-hybridized carbons (Fsp3) is 0.286. The largest absolute Gasteiger partial charge is 0.454 e. The summed E-state index contributed by atoms with van der Waals surface area (Å²) < 4.78 is 11.9. The van der Waals surface area contributed by atoms with E-state index in [1.54, 1.807) is 0 Å². The maximum absolute atomic E-state index is 5.52. The summed E-state index contributed by atoms with van der Waals surface area (Å²) in [5.74, 6) is 0.936. The van der Waals surface area contributed by atoms with Crippen LogP contribution in [0.1, 0.15) is 18.2 Å². The van der Waals surface area contributed by atoms with Crippen molar-refractivity contribution in [3.63, 3.8) is 0 Å². The summed E-state index contributed by atoms with van der Waals surface area (Å²) in [5.41, 5.74) is 2.26. The Bertz CT molecular complexity index is 496. The van der Waals surface area contributed by atoms with Crippen LogP contribution in [0, 0.1) is 3.77 Å². The molecule has 1 heterocycles. The molecule has 0 spiro atoms. The molecule has 3 nitrogen and oxygen atoms in total. The van der Waals surface area contributed by atoms with E-state index in [2.05, 4.69) is 40.0 Å². The van der Waals surface area contributed by atoms with Gasteiger partial charge in [-0.05, 0) is 47.7 Å². The van der Waals surface area contributed by atoms with Crippen molar-refractivity contribution in [3.05, 3.63) is 51.5 Å². The van der Waals surface area contributed by atoms with Gasteiger partial charge < -0.3 is 14.5 Å². The first-order chi connectivity index (χ1) is 8.79. The Kier molecular flexibility index (Phi) is 5.07. The first kappa shape index (κ1) is 13.4. The minimum Gasteiger partial charge on any atom is -0.454 e. The lowest BCUT2D eigenvalue weighted by Gasteiger charge is -2.10. The van der Waals surface area contributed by atoms with Crippen LogP contribution in [0.4, 0.5) is 5.69 Å². The summed E-state index contributed by atoms with van der Waals surface area (Å²) in [7, 11) is 0. The van der Waals surface area contributed by atoms with E-state index in [0.717, 1.165) is 21.8 Å². The van der Waals surface area contributed by atoms with Gasteiger partial charge in [-0.3, -0.25) is 0 Å². The molecule has 4 heteroatoms. The molecule has 0 unspecified atom stereocenters. The van der Waals surface area contributed by atoms with Gasteiger partial charge in [0.05, 0.1) is 13.2 Å². The second kappa shape index (κ2) is 6.80. The SMILES string of the molecule is CCOCc1ccccc1NCc1ccc(I)o1. The van der Waals surface area contributed by atoms with Gasteiger partial charge in [-0.1, -0.05) is 18.2 Å². The van der Waals surface area contributed by atoms with Gasteiger partial charge in [0.1, 0.15) is 5.76 Å². The molecule has 1 aromatic heterocycles. The molecule has 0 aliphatic heterocycles. The molecular weight excluding hydrogens is 341 g/mol.